The Hall–Kier alpha value is -7.17. The van der Waals surface area contributed by atoms with Gasteiger partial charge in [0.15, 0.2) is 5.96 Å². The fourth-order valence-electron chi connectivity index (χ4n) is 8.71. The number of carbonyl (C=O) groups excluding carboxylic acids is 10. The van der Waals surface area contributed by atoms with Crippen LogP contribution in [0, 0.1) is 29.6 Å². The van der Waals surface area contributed by atoms with Crippen LogP contribution in [0.1, 0.15) is 140 Å². The number of aliphatic hydroxyl groups excluding tert-OH is 1. The Balaban J connectivity index is 3.36. The third kappa shape index (κ3) is 25.0. The summed E-state index contributed by atoms with van der Waals surface area (Å²) in [5.41, 5.74) is 22.0. The minimum atomic E-state index is -1.69. The molecule has 0 spiro atoms. The van der Waals surface area contributed by atoms with E-state index in [0.29, 0.717) is 25.7 Å². The van der Waals surface area contributed by atoms with Crippen LogP contribution in [-0.2, 0) is 57.5 Å². The van der Waals surface area contributed by atoms with Crippen molar-refractivity contribution >= 4 is 77.0 Å². The first-order valence-electron chi connectivity index (χ1n) is 27.7. The second kappa shape index (κ2) is 35.5. The number of aliphatic carboxylic acids is 2. The number of nitrogens with two attached hydrogens (primary N) is 4. The molecule has 0 unspecified atom stereocenters. The molecule has 1 heterocycles. The Morgan fingerprint density at radius 3 is 1.47 bits per heavy atom. The minimum absolute atomic E-state index is 0.00108. The number of nitrogens with one attached hydrogen (secondary N) is 8. The maximum atomic E-state index is 14.3. The van der Waals surface area contributed by atoms with E-state index in [4.69, 9.17) is 22.9 Å². The van der Waals surface area contributed by atoms with E-state index in [-0.39, 0.29) is 63.0 Å². The summed E-state index contributed by atoms with van der Waals surface area (Å²) in [7, 11) is 0. The van der Waals surface area contributed by atoms with Gasteiger partial charge in [-0.25, -0.2) is 4.79 Å². The molecular formula is C52H92N14O15. The van der Waals surface area contributed by atoms with Crippen molar-refractivity contribution in [1.82, 2.24) is 47.4 Å². The van der Waals surface area contributed by atoms with Crippen LogP contribution in [0.4, 0.5) is 0 Å². The van der Waals surface area contributed by atoms with Gasteiger partial charge < -0.3 is 85.7 Å². The van der Waals surface area contributed by atoms with E-state index in [2.05, 4.69) is 47.5 Å². The van der Waals surface area contributed by atoms with Gasteiger partial charge in [0.25, 0.3) is 0 Å². The second-order valence-electron chi connectivity index (χ2n) is 21.9. The van der Waals surface area contributed by atoms with Crippen LogP contribution >= 0.6 is 0 Å². The predicted octanol–water partition coefficient (Wildman–Crippen LogP) is -3.11. The molecule has 19 N–H and O–H groups in total. The van der Waals surface area contributed by atoms with Gasteiger partial charge in [-0.3, -0.25) is 57.7 Å². The largest absolute Gasteiger partial charge is 0.481 e. The quantitative estimate of drug-likeness (QED) is 0.0166. The third-order valence-corrected chi connectivity index (χ3v) is 13.8. The van der Waals surface area contributed by atoms with E-state index in [1.165, 1.54) is 4.90 Å². The zero-order chi connectivity index (χ0) is 62.0. The molecule has 0 aliphatic carbocycles. The van der Waals surface area contributed by atoms with Crippen LogP contribution in [-0.4, -0.2) is 177 Å². The Labute approximate surface area is 473 Å². The Bertz CT molecular complexity index is 2210. The number of rotatable bonds is 37. The molecule has 1 aliphatic heterocycles. The third-order valence-electron chi connectivity index (χ3n) is 13.8. The summed E-state index contributed by atoms with van der Waals surface area (Å²) in [5.74, 6) is -13.6. The highest BCUT2D eigenvalue weighted by molar-refractivity contribution is 5.99. The molecule has 10 amide bonds. The average Bonchev–Trinajstić information content (AvgIpc) is 3.88. The molecular weight excluding hydrogens is 1060 g/mol. The second-order valence-corrected chi connectivity index (χ2v) is 21.9. The van der Waals surface area contributed by atoms with Gasteiger partial charge >= 0.3 is 11.9 Å². The zero-order valence-corrected chi connectivity index (χ0v) is 48.5. The summed E-state index contributed by atoms with van der Waals surface area (Å²) in [6.07, 6.45) is 0.0700. The Kier molecular flexibility index (Phi) is 31.5. The highest BCUT2D eigenvalue weighted by Crippen LogP contribution is 2.22. The molecule has 1 rings (SSSR count). The highest BCUT2D eigenvalue weighted by Gasteiger charge is 2.42. The number of hydrogen-bond donors (Lipinski definition) is 15. The van der Waals surface area contributed by atoms with Gasteiger partial charge in [-0.15, -0.1) is 0 Å². The van der Waals surface area contributed by atoms with Gasteiger partial charge in [0.1, 0.15) is 54.4 Å². The number of aliphatic hydroxyl groups is 1. The molecule has 0 bridgehead atoms. The molecule has 81 heavy (non-hydrogen) atoms. The molecule has 0 radical (unpaired) electrons. The van der Waals surface area contributed by atoms with Crippen LogP contribution in [0.3, 0.4) is 0 Å². The summed E-state index contributed by atoms with van der Waals surface area (Å²) in [4.78, 5) is 165. The average molecular weight is 1150 g/mol. The molecule has 29 nitrogen and oxygen atoms in total. The lowest BCUT2D eigenvalue weighted by Gasteiger charge is -2.32. The Morgan fingerprint density at radius 2 is 1.04 bits per heavy atom. The number of amides is 10. The van der Waals surface area contributed by atoms with E-state index >= 15 is 0 Å². The van der Waals surface area contributed by atoms with Crippen LogP contribution in [0.25, 0.3) is 0 Å². The van der Waals surface area contributed by atoms with E-state index in [1.807, 2.05) is 0 Å². The SMILES string of the molecule is CC[C@H](C)[C@H](NC(=O)[C@H](CO)NC(=O)[C@H](CC(C)C)NC(=O)[C@@H](NC(=O)[C@@H]1CCCN1C(=O)[C@H](CCC(=O)O)NC(=O)[C@@H](NC(=O)[C@@H](N)CCCN=C(N)N)[C@@H](C)CC)C(C)C)C(=O)N[C@@H](CC(C)C)C(=O)N[C@@H](CC(N)=O)C(=O)O. The van der Waals surface area contributed by atoms with Crippen molar-refractivity contribution in [3.8, 4) is 0 Å². The lowest BCUT2D eigenvalue weighted by atomic mass is 9.96. The van der Waals surface area contributed by atoms with Crippen molar-refractivity contribution in [2.24, 2.45) is 57.5 Å². The number of likely N-dealkylation sites (tertiary alicyclic amines) is 1. The number of nitrogens with zero attached hydrogens (tertiary/aromatic N) is 2. The lowest BCUT2D eigenvalue weighted by Crippen LogP contribution is -2.62. The molecule has 12 atom stereocenters. The number of aliphatic imine (C=N–C) groups is 1. The fraction of sp³-hybridized carbons (Fsp3) is 0.750. The van der Waals surface area contributed by atoms with E-state index < -0.39 is 169 Å². The highest BCUT2D eigenvalue weighted by atomic mass is 16.4. The van der Waals surface area contributed by atoms with E-state index in [1.54, 1.807) is 69.2 Å². The molecule has 0 aromatic heterocycles. The predicted molar refractivity (Wildman–Crippen MR) is 296 cm³/mol. The maximum absolute atomic E-state index is 14.3. The van der Waals surface area contributed by atoms with Crippen molar-refractivity contribution in [3.05, 3.63) is 0 Å². The van der Waals surface area contributed by atoms with Gasteiger partial charge in [-0.1, -0.05) is 82.1 Å². The number of carboxylic acid groups (broad SMARTS) is 2. The van der Waals surface area contributed by atoms with Gasteiger partial charge in [0, 0.05) is 19.5 Å². The smallest absolute Gasteiger partial charge is 0.326 e. The van der Waals surface area contributed by atoms with E-state index in [0.717, 1.165) is 0 Å². The first-order valence-corrected chi connectivity index (χ1v) is 27.7. The number of guanidine groups is 1. The first-order chi connectivity index (χ1) is 37.8. The maximum Gasteiger partial charge on any atom is 0.326 e. The first kappa shape index (κ1) is 71.8. The molecule has 0 aromatic rings. The molecule has 29 heteroatoms. The summed E-state index contributed by atoms with van der Waals surface area (Å²) in [5, 5.41) is 49.8. The number of carboxylic acids is 2. The van der Waals surface area contributed by atoms with Crippen LogP contribution in [0.2, 0.25) is 0 Å². The molecule has 460 valence electrons. The van der Waals surface area contributed by atoms with Crippen molar-refractivity contribution in [2.45, 2.75) is 200 Å². The zero-order valence-electron chi connectivity index (χ0n) is 48.5. The van der Waals surface area contributed by atoms with Gasteiger partial charge in [0.05, 0.1) is 19.1 Å². The summed E-state index contributed by atoms with van der Waals surface area (Å²) in [6.45, 7) is 16.3. The standard InChI is InChI=1S/C52H92N14O15/c1-11-28(9)40(64-42(71)30(53)15-13-19-57-52(55)56)48(77)58-31(17-18-38(69)70)50(79)66-20-14-16-36(66)46(75)63-39(27(7)8)47(76)59-33(22-26(5)6)44(73)62-35(24-67)45(74)65-41(29(10)12-2)49(78)60-32(21-25(3)4)43(72)61-34(51(80)81)23-37(54)68/h25-36,39-41,67H,11-24,53H2,1-10H3,(H2,54,68)(H,58,77)(H,59,76)(H,60,78)(H,61,72)(H,62,73)(H,63,75)(H,64,71)(H,65,74)(H,69,70)(H,80,81)(H4,55,56,57)/t28-,29-,30-,31-,32-,33-,34-,35-,36-,39-,40-,41-/m0/s1. The number of carbonyl (C=O) groups is 12. The lowest BCUT2D eigenvalue weighted by molar-refractivity contribution is -0.144. The fourth-order valence-corrected chi connectivity index (χ4v) is 8.71. The summed E-state index contributed by atoms with van der Waals surface area (Å²) >= 11 is 0. The normalized spacial score (nSPS) is 17.3. The summed E-state index contributed by atoms with van der Waals surface area (Å²) < 4.78 is 0. The van der Waals surface area contributed by atoms with Crippen molar-refractivity contribution < 1.29 is 72.9 Å². The van der Waals surface area contributed by atoms with Crippen LogP contribution < -0.4 is 65.5 Å². The molecule has 1 saturated heterocycles. The molecule has 1 fully saturated rings. The monoisotopic (exact) mass is 1150 g/mol. The van der Waals surface area contributed by atoms with Crippen molar-refractivity contribution in [2.75, 3.05) is 19.7 Å². The molecule has 1 aliphatic rings. The van der Waals surface area contributed by atoms with Gasteiger partial charge in [0.2, 0.25) is 59.1 Å². The molecule has 0 aromatic carbocycles. The van der Waals surface area contributed by atoms with Gasteiger partial charge in [-0.05, 0) is 74.5 Å². The van der Waals surface area contributed by atoms with Gasteiger partial charge in [-0.2, -0.15) is 0 Å². The molecule has 0 saturated carbocycles. The summed E-state index contributed by atoms with van der Waals surface area (Å²) in [6, 6.07) is -13.6. The Morgan fingerprint density at radius 1 is 0.580 bits per heavy atom. The number of hydrogen-bond acceptors (Lipinski definition) is 15. The van der Waals surface area contributed by atoms with Crippen LogP contribution in [0.5, 0.6) is 0 Å². The topological polar surface area (TPSA) is 481 Å². The van der Waals surface area contributed by atoms with Crippen molar-refractivity contribution in [1.29, 1.82) is 0 Å². The minimum Gasteiger partial charge on any atom is -0.481 e. The van der Waals surface area contributed by atoms with Crippen LogP contribution in [0.15, 0.2) is 4.99 Å². The van der Waals surface area contributed by atoms with Crippen molar-refractivity contribution in [3.63, 3.8) is 0 Å². The number of primary amides is 1. The van der Waals surface area contributed by atoms with E-state index in [9.17, 15) is 72.9 Å².